The molecule has 1 amide bonds. The molecule has 0 radical (unpaired) electrons. The number of H-pyrrole nitrogens is 1. The second-order valence-electron chi connectivity index (χ2n) is 6.75. The van der Waals surface area contributed by atoms with Gasteiger partial charge >= 0.3 is 0 Å². The number of hydrogen-bond acceptors (Lipinski definition) is 5. The molecule has 0 aliphatic heterocycles. The van der Waals surface area contributed by atoms with Crippen LogP contribution >= 0.6 is 0 Å². The molecular weight excluding hydrogens is 382 g/mol. The van der Waals surface area contributed by atoms with Crippen LogP contribution in [-0.2, 0) is 17.8 Å². The van der Waals surface area contributed by atoms with Crippen LogP contribution in [0, 0.1) is 0 Å². The fourth-order valence-corrected chi connectivity index (χ4v) is 3.19. The molecule has 8 heteroatoms. The third kappa shape index (κ3) is 4.02. The maximum absolute atomic E-state index is 12.6. The highest BCUT2D eigenvalue weighted by Gasteiger charge is 2.10. The number of nitrogens with one attached hydrogen (secondary N) is 2. The number of para-hydroxylation sites is 1. The van der Waals surface area contributed by atoms with Gasteiger partial charge in [-0.15, -0.1) is 0 Å². The number of hydrogen-bond donors (Lipinski definition) is 2. The van der Waals surface area contributed by atoms with Crippen LogP contribution in [0.5, 0.6) is 0 Å². The summed E-state index contributed by atoms with van der Waals surface area (Å²) in [7, 11) is 0. The van der Waals surface area contributed by atoms with Gasteiger partial charge in [-0.1, -0.05) is 31.2 Å². The number of nitrogens with zero attached hydrogens (tertiary/aromatic N) is 3. The molecule has 0 bridgehead atoms. The Kier molecular flexibility index (Phi) is 5.21. The summed E-state index contributed by atoms with van der Waals surface area (Å²) in [6.45, 7) is 1.88. The summed E-state index contributed by atoms with van der Waals surface area (Å²) in [6, 6.07) is 15.6. The lowest BCUT2D eigenvalue weighted by atomic mass is 10.1. The smallest absolute Gasteiger partial charge is 0.251 e. The van der Waals surface area contributed by atoms with E-state index in [1.165, 1.54) is 16.9 Å². The van der Waals surface area contributed by atoms with Crippen LogP contribution in [0.2, 0.25) is 0 Å². The van der Waals surface area contributed by atoms with E-state index in [0.29, 0.717) is 40.1 Å². The lowest BCUT2D eigenvalue weighted by Crippen LogP contribution is -2.22. The number of aromatic amines is 1. The van der Waals surface area contributed by atoms with Gasteiger partial charge in [0.2, 0.25) is 11.3 Å². The first-order chi connectivity index (χ1) is 14.5. The predicted molar refractivity (Wildman–Crippen MR) is 114 cm³/mol. The number of fused-ring (bicyclic) bond motifs is 1. The van der Waals surface area contributed by atoms with E-state index >= 15 is 0 Å². The molecule has 0 unspecified atom stereocenters. The second-order valence-corrected chi connectivity index (χ2v) is 6.75. The number of aromatic nitrogens is 4. The van der Waals surface area contributed by atoms with Gasteiger partial charge in [0.05, 0.1) is 11.7 Å². The van der Waals surface area contributed by atoms with Gasteiger partial charge in [-0.25, -0.2) is 4.98 Å². The highest BCUT2D eigenvalue weighted by atomic mass is 16.2. The number of anilines is 1. The van der Waals surface area contributed by atoms with Crippen molar-refractivity contribution in [1.29, 1.82) is 0 Å². The molecule has 2 heterocycles. The molecule has 0 spiro atoms. The fourth-order valence-electron chi connectivity index (χ4n) is 3.19. The molecule has 0 saturated heterocycles. The molecular formula is C22H19N5O3. The highest BCUT2D eigenvalue weighted by molar-refractivity contribution is 5.92. The van der Waals surface area contributed by atoms with E-state index in [9.17, 15) is 14.4 Å². The molecule has 4 rings (SSSR count). The van der Waals surface area contributed by atoms with Crippen LogP contribution in [0.1, 0.15) is 12.6 Å². The molecule has 30 heavy (non-hydrogen) atoms. The summed E-state index contributed by atoms with van der Waals surface area (Å²) in [5.41, 5.74) is 2.12. The molecule has 2 aromatic heterocycles. The van der Waals surface area contributed by atoms with E-state index in [-0.39, 0.29) is 23.4 Å². The maximum atomic E-state index is 12.6. The average molecular weight is 401 g/mol. The molecule has 0 aliphatic rings. The summed E-state index contributed by atoms with van der Waals surface area (Å²) < 4.78 is 1.49. The lowest BCUT2D eigenvalue weighted by Gasteiger charge is -2.11. The van der Waals surface area contributed by atoms with Crippen LogP contribution in [-0.4, -0.2) is 25.7 Å². The van der Waals surface area contributed by atoms with Crippen molar-refractivity contribution in [3.8, 4) is 11.4 Å². The molecule has 0 fully saturated rings. The first kappa shape index (κ1) is 19.3. The molecule has 2 N–H and O–H groups in total. The normalized spacial score (nSPS) is 10.8. The van der Waals surface area contributed by atoms with Gasteiger partial charge in [0, 0.05) is 28.4 Å². The van der Waals surface area contributed by atoms with Crippen molar-refractivity contribution in [2.75, 3.05) is 5.32 Å². The van der Waals surface area contributed by atoms with Crippen LogP contribution < -0.4 is 16.3 Å². The van der Waals surface area contributed by atoms with Crippen LogP contribution in [0.15, 0.2) is 70.4 Å². The number of aryl methyl sites for hydroxylation is 1. The SMILES string of the molecule is CCc1cc(=O)[nH]c(-c2cccc(NC(=O)Cn3ncc(=O)c4ccccc43)c2)n1. The molecule has 4 aromatic rings. The van der Waals surface area contributed by atoms with Gasteiger partial charge in [-0.2, -0.15) is 5.10 Å². The predicted octanol–water partition coefficient (Wildman–Crippen LogP) is 2.35. The van der Waals surface area contributed by atoms with Gasteiger partial charge in [-0.05, 0) is 30.7 Å². The third-order valence-corrected chi connectivity index (χ3v) is 4.63. The second kappa shape index (κ2) is 8.12. The Hall–Kier alpha value is -4.07. The van der Waals surface area contributed by atoms with Gasteiger partial charge in [-0.3, -0.25) is 19.1 Å². The Balaban J connectivity index is 1.57. The van der Waals surface area contributed by atoms with Crippen molar-refractivity contribution >= 4 is 22.5 Å². The molecule has 150 valence electrons. The minimum Gasteiger partial charge on any atom is -0.324 e. The zero-order valence-electron chi connectivity index (χ0n) is 16.3. The number of benzene rings is 2. The zero-order valence-corrected chi connectivity index (χ0v) is 16.3. The van der Waals surface area contributed by atoms with Gasteiger partial charge in [0.15, 0.2) is 0 Å². The summed E-state index contributed by atoms with van der Waals surface area (Å²) in [4.78, 5) is 43.5. The van der Waals surface area contributed by atoms with E-state index in [4.69, 9.17) is 0 Å². The van der Waals surface area contributed by atoms with E-state index in [2.05, 4.69) is 20.4 Å². The van der Waals surface area contributed by atoms with Gasteiger partial charge in [0.1, 0.15) is 12.4 Å². The minimum atomic E-state index is -0.294. The Labute approximate surface area is 171 Å². The summed E-state index contributed by atoms with van der Waals surface area (Å²) in [5.74, 6) is 0.153. The number of carbonyl (C=O) groups is 1. The molecule has 0 saturated carbocycles. The van der Waals surface area contributed by atoms with Crippen LogP contribution in [0.25, 0.3) is 22.3 Å². The monoisotopic (exact) mass is 401 g/mol. The third-order valence-electron chi connectivity index (χ3n) is 4.63. The van der Waals surface area contributed by atoms with E-state index in [1.54, 1.807) is 42.5 Å². The first-order valence-corrected chi connectivity index (χ1v) is 9.49. The standard InChI is InChI=1S/C22H19N5O3/c1-2-15-11-20(29)26-22(25-15)14-6-5-7-16(10-14)24-21(30)13-27-18-9-4-3-8-17(18)19(28)12-23-27/h3-12H,2,13H2,1H3,(H,24,30)(H,25,26,29). The van der Waals surface area contributed by atoms with Crippen molar-refractivity contribution in [2.24, 2.45) is 0 Å². The first-order valence-electron chi connectivity index (χ1n) is 9.49. The van der Waals surface area contributed by atoms with Crippen molar-refractivity contribution in [3.63, 3.8) is 0 Å². The molecule has 8 nitrogen and oxygen atoms in total. The Bertz CT molecular complexity index is 1360. The largest absolute Gasteiger partial charge is 0.324 e. The highest BCUT2D eigenvalue weighted by Crippen LogP contribution is 2.19. The van der Waals surface area contributed by atoms with E-state index in [1.807, 2.05) is 13.0 Å². The average Bonchev–Trinajstić information content (AvgIpc) is 2.75. The summed E-state index contributed by atoms with van der Waals surface area (Å²) >= 11 is 0. The Morgan fingerprint density at radius 1 is 1.10 bits per heavy atom. The molecule has 2 aromatic carbocycles. The Morgan fingerprint density at radius 3 is 2.77 bits per heavy atom. The topological polar surface area (TPSA) is 110 Å². The van der Waals surface area contributed by atoms with Crippen molar-refractivity contribution in [2.45, 2.75) is 19.9 Å². The zero-order chi connectivity index (χ0) is 21.1. The quantitative estimate of drug-likeness (QED) is 0.533. The Morgan fingerprint density at radius 2 is 1.93 bits per heavy atom. The van der Waals surface area contributed by atoms with E-state index in [0.717, 1.165) is 0 Å². The number of amides is 1. The van der Waals surface area contributed by atoms with Crippen molar-refractivity contribution in [1.82, 2.24) is 19.7 Å². The minimum absolute atomic E-state index is 0.0502. The number of carbonyl (C=O) groups excluding carboxylic acids is 1. The van der Waals surface area contributed by atoms with E-state index < -0.39 is 0 Å². The van der Waals surface area contributed by atoms with Crippen LogP contribution in [0.4, 0.5) is 5.69 Å². The fraction of sp³-hybridized carbons (Fsp3) is 0.136. The van der Waals surface area contributed by atoms with Crippen molar-refractivity contribution < 1.29 is 4.79 Å². The van der Waals surface area contributed by atoms with Crippen LogP contribution in [0.3, 0.4) is 0 Å². The van der Waals surface area contributed by atoms with Gasteiger partial charge < -0.3 is 10.3 Å². The summed E-state index contributed by atoms with van der Waals surface area (Å²) in [6.07, 6.45) is 1.85. The molecule has 0 atom stereocenters. The maximum Gasteiger partial charge on any atom is 0.251 e. The number of rotatable bonds is 5. The lowest BCUT2D eigenvalue weighted by molar-refractivity contribution is -0.116. The van der Waals surface area contributed by atoms with Crippen molar-refractivity contribution in [3.05, 3.63) is 87.1 Å². The summed E-state index contributed by atoms with van der Waals surface area (Å²) in [5, 5.41) is 7.41. The van der Waals surface area contributed by atoms with Gasteiger partial charge in [0.25, 0.3) is 5.56 Å². The molecule has 0 aliphatic carbocycles.